The molecule has 5 N–H and O–H groups in total. The van der Waals surface area contributed by atoms with Gasteiger partial charge in [-0.3, -0.25) is 19.2 Å². The topological polar surface area (TPSA) is 174 Å². The molecule has 0 aliphatic carbocycles. The number of benzene rings is 3. The maximum Gasteiger partial charge on any atom is 0.245 e. The summed E-state index contributed by atoms with van der Waals surface area (Å²) in [5.74, 6) is -1.26. The fourth-order valence-electron chi connectivity index (χ4n) is 9.42. The minimum atomic E-state index is -0.863. The van der Waals surface area contributed by atoms with Crippen LogP contribution in [-0.2, 0) is 38.7 Å². The van der Waals surface area contributed by atoms with Gasteiger partial charge in [0.15, 0.2) is 11.6 Å². The van der Waals surface area contributed by atoms with E-state index < -0.39 is 35.8 Å². The highest BCUT2D eigenvalue weighted by atomic mass is 19.1. The lowest BCUT2D eigenvalue weighted by atomic mass is 10.0. The van der Waals surface area contributed by atoms with Crippen molar-refractivity contribution in [3.63, 3.8) is 0 Å². The molecule has 5 heterocycles. The third-order valence-electron chi connectivity index (χ3n) is 13.3. The number of carbonyl (C=O) groups excluding carboxylic acids is 4. The molecule has 6 atom stereocenters. The Balaban J connectivity index is 1.15. The predicted octanol–water partition coefficient (Wildman–Crippen LogP) is 4.88. The Kier molecular flexibility index (Phi) is 13.3. The van der Waals surface area contributed by atoms with Crippen LogP contribution in [0.25, 0.3) is 44.6 Å². The van der Waals surface area contributed by atoms with Gasteiger partial charge in [0.1, 0.15) is 23.7 Å². The first-order valence-corrected chi connectivity index (χ1v) is 22.7. The van der Waals surface area contributed by atoms with Crippen molar-refractivity contribution in [3.8, 4) is 11.6 Å². The number of likely N-dealkylation sites (tertiary alicyclic amines) is 2. The first-order valence-electron chi connectivity index (χ1n) is 22.7. The maximum atomic E-state index is 15.0. The summed E-state index contributed by atoms with van der Waals surface area (Å²) < 4.78 is 33.8. The summed E-state index contributed by atoms with van der Waals surface area (Å²) >= 11 is 0. The molecule has 4 amide bonds. The molecule has 2 fully saturated rings. The number of hydrogen-bond acceptors (Lipinski definition) is 8. The van der Waals surface area contributed by atoms with E-state index >= 15 is 0 Å². The van der Waals surface area contributed by atoms with Crippen molar-refractivity contribution < 1.29 is 28.0 Å². The van der Waals surface area contributed by atoms with E-state index in [1.807, 2.05) is 63.2 Å². The van der Waals surface area contributed by atoms with Crippen molar-refractivity contribution in [1.29, 1.82) is 0 Å². The van der Waals surface area contributed by atoms with E-state index in [-0.39, 0.29) is 54.6 Å². The number of nitrogens with one attached hydrogen (secondary N) is 5. The van der Waals surface area contributed by atoms with Gasteiger partial charge in [0.25, 0.3) is 0 Å². The van der Waals surface area contributed by atoms with Crippen molar-refractivity contribution in [2.24, 2.45) is 5.92 Å². The number of para-hydroxylation sites is 1. The molecule has 17 heteroatoms. The van der Waals surface area contributed by atoms with Crippen LogP contribution in [-0.4, -0.2) is 121 Å². The van der Waals surface area contributed by atoms with Gasteiger partial charge in [0.05, 0.1) is 34.2 Å². The van der Waals surface area contributed by atoms with Crippen LogP contribution in [0, 0.1) is 17.6 Å². The number of aromatic nitrogens is 5. The number of hydrogen-bond donors (Lipinski definition) is 5. The lowest BCUT2D eigenvalue weighted by molar-refractivity contribution is -0.139. The van der Waals surface area contributed by atoms with Gasteiger partial charge in [-0.2, -0.15) is 0 Å². The number of halogens is 2. The van der Waals surface area contributed by atoms with Crippen molar-refractivity contribution in [3.05, 3.63) is 84.1 Å². The summed E-state index contributed by atoms with van der Waals surface area (Å²) in [6.45, 7) is 8.83. The van der Waals surface area contributed by atoms with Crippen molar-refractivity contribution in [2.75, 3.05) is 27.2 Å². The number of likely N-dealkylation sites (N-methyl/N-ethyl adjacent to an activating group) is 2. The van der Waals surface area contributed by atoms with Gasteiger partial charge in [-0.05, 0) is 95.4 Å². The molecular weight excluding hydrogens is 833 g/mol. The predicted molar refractivity (Wildman–Crippen MR) is 246 cm³/mol. The third-order valence-corrected chi connectivity index (χ3v) is 13.3. The number of H-pyrrole nitrogens is 1. The molecule has 0 saturated carbocycles. The lowest BCUT2D eigenvalue weighted by Gasteiger charge is -2.32. The molecule has 3 aromatic heterocycles. The number of rotatable bonds is 16. The number of nitrogens with zero attached hydrogens (tertiary/aromatic N) is 6. The number of aromatic amines is 1. The Morgan fingerprint density at radius 3 is 1.78 bits per heavy atom. The maximum absolute atomic E-state index is 15.0. The van der Waals surface area contributed by atoms with Gasteiger partial charge in [0.2, 0.25) is 23.6 Å². The van der Waals surface area contributed by atoms with E-state index in [0.717, 1.165) is 29.3 Å². The molecule has 0 radical (unpaired) electrons. The Labute approximate surface area is 376 Å². The summed E-state index contributed by atoms with van der Waals surface area (Å²) in [5.41, 5.74) is 3.87. The largest absolute Gasteiger partial charge is 0.361 e. The number of amides is 4. The SMILES string of the molecule is CN[C@H](C)C(=O)N[C@H](Cc1c[nH]c2ccccc12)C(=O)N1CCC[C@H]1Cn1c(-c2nc3cc(F)ccc3n2C[C@@H]2CCCN2C(=O)[C@H](NC(=O)[C@@H](C)NC)C(C)C)nc2cc(F)ccc21. The molecule has 2 saturated heterocycles. The minimum Gasteiger partial charge on any atom is -0.361 e. The molecule has 65 heavy (non-hydrogen) atoms. The van der Waals surface area contributed by atoms with E-state index in [0.29, 0.717) is 66.2 Å². The molecular formula is C48H59F2N11O4. The van der Waals surface area contributed by atoms with Gasteiger partial charge < -0.3 is 45.2 Å². The van der Waals surface area contributed by atoms with Crippen LogP contribution in [0.4, 0.5) is 8.78 Å². The average molecular weight is 892 g/mol. The van der Waals surface area contributed by atoms with Crippen LogP contribution < -0.4 is 21.3 Å². The summed E-state index contributed by atoms with van der Waals surface area (Å²) in [4.78, 5) is 72.5. The Morgan fingerprint density at radius 2 is 1.25 bits per heavy atom. The third kappa shape index (κ3) is 9.21. The molecule has 0 bridgehead atoms. The number of imidazole rings is 2. The Morgan fingerprint density at radius 1 is 0.723 bits per heavy atom. The summed E-state index contributed by atoms with van der Waals surface area (Å²) in [6, 6.07) is 13.4. The zero-order valence-electron chi connectivity index (χ0n) is 37.8. The molecule has 15 nitrogen and oxygen atoms in total. The van der Waals surface area contributed by atoms with Gasteiger partial charge in [-0.15, -0.1) is 0 Å². The lowest BCUT2D eigenvalue weighted by Crippen LogP contribution is -2.55. The summed E-state index contributed by atoms with van der Waals surface area (Å²) in [6.07, 6.45) is 4.97. The van der Waals surface area contributed by atoms with Gasteiger partial charge in [0, 0.05) is 73.9 Å². The van der Waals surface area contributed by atoms with Crippen LogP contribution in [0.5, 0.6) is 0 Å². The molecule has 3 aromatic carbocycles. The van der Waals surface area contributed by atoms with Crippen LogP contribution in [0.1, 0.15) is 58.9 Å². The first kappa shape index (κ1) is 45.4. The molecule has 0 spiro atoms. The standard InChI is InChI=1S/C48H59F2N11O4/c1-27(2)42(57-46(63)29(4)52-6)48(65)59-20-10-12-34(59)26-61-41-18-16-32(50)23-38(41)55-44(61)43-54-37-22-31(49)15-17-40(37)60(43)25-33-11-9-19-58(33)47(64)39(56-45(62)28(3)51-5)21-30-24-53-36-14-8-7-13-35(30)36/h7-8,13-18,22-24,27-29,33-34,39,42,51-53H,9-12,19-21,25-26H2,1-6H3,(H,56,62)(H,57,63)/t28-,29-,33+,34+,39-,42-/m1/s1. The van der Waals surface area contributed by atoms with Gasteiger partial charge in [-0.1, -0.05) is 32.0 Å². The van der Waals surface area contributed by atoms with Crippen molar-refractivity contribution in [2.45, 2.75) is 109 Å². The molecule has 2 aliphatic heterocycles. The zero-order valence-corrected chi connectivity index (χ0v) is 37.8. The van der Waals surface area contributed by atoms with E-state index in [9.17, 15) is 28.0 Å². The molecule has 2 aliphatic rings. The second-order valence-electron chi connectivity index (χ2n) is 17.9. The average Bonchev–Trinajstić information content (AvgIpc) is 4.15. The van der Waals surface area contributed by atoms with Gasteiger partial charge >= 0.3 is 0 Å². The highest BCUT2D eigenvalue weighted by Crippen LogP contribution is 2.33. The van der Waals surface area contributed by atoms with E-state index in [4.69, 9.17) is 9.97 Å². The van der Waals surface area contributed by atoms with Crippen molar-refractivity contribution in [1.82, 2.24) is 55.2 Å². The van der Waals surface area contributed by atoms with Crippen LogP contribution in [0.2, 0.25) is 0 Å². The van der Waals surface area contributed by atoms with E-state index in [2.05, 4.69) is 26.3 Å². The van der Waals surface area contributed by atoms with E-state index in [1.54, 1.807) is 40.1 Å². The minimum absolute atomic E-state index is 0.176. The Bertz CT molecular complexity index is 2730. The monoisotopic (exact) mass is 891 g/mol. The smallest absolute Gasteiger partial charge is 0.245 e. The van der Waals surface area contributed by atoms with Crippen LogP contribution in [0.3, 0.4) is 0 Å². The fourth-order valence-corrected chi connectivity index (χ4v) is 9.42. The Hall–Kier alpha value is -6.20. The zero-order chi connectivity index (χ0) is 46.1. The fraction of sp³-hybridized carbons (Fsp3) is 0.458. The second kappa shape index (κ2) is 19.1. The molecule has 0 unspecified atom stereocenters. The molecule has 344 valence electrons. The highest BCUT2D eigenvalue weighted by molar-refractivity contribution is 5.92. The number of carbonyl (C=O) groups is 4. The summed E-state index contributed by atoms with van der Waals surface area (Å²) in [7, 11) is 3.39. The quantitative estimate of drug-likeness (QED) is 0.0915. The van der Waals surface area contributed by atoms with E-state index in [1.165, 1.54) is 24.3 Å². The second-order valence-corrected chi connectivity index (χ2v) is 17.9. The van der Waals surface area contributed by atoms with Crippen LogP contribution >= 0.6 is 0 Å². The number of fused-ring (bicyclic) bond motifs is 3. The molecule has 8 rings (SSSR count). The first-order chi connectivity index (χ1) is 31.3. The highest BCUT2D eigenvalue weighted by Gasteiger charge is 2.39. The van der Waals surface area contributed by atoms with Crippen LogP contribution in [0.15, 0.2) is 66.9 Å². The molecule has 6 aromatic rings. The van der Waals surface area contributed by atoms with Gasteiger partial charge in [-0.25, -0.2) is 18.7 Å². The normalized spacial score (nSPS) is 18.5. The van der Waals surface area contributed by atoms with Crippen molar-refractivity contribution >= 4 is 56.6 Å². The summed E-state index contributed by atoms with van der Waals surface area (Å²) in [5, 5.41) is 12.9.